The molecule has 3 nitrogen and oxygen atoms in total. The van der Waals surface area contributed by atoms with Gasteiger partial charge in [-0.05, 0) is 6.07 Å². The highest BCUT2D eigenvalue weighted by Gasteiger charge is 2.02. The molecule has 1 aromatic rings. The van der Waals surface area contributed by atoms with Crippen LogP contribution in [0, 0.1) is 0 Å². The van der Waals surface area contributed by atoms with Crippen LogP contribution in [-0.4, -0.2) is 11.2 Å². The van der Waals surface area contributed by atoms with Gasteiger partial charge in [-0.25, -0.2) is 4.98 Å². The molecule has 0 bridgehead atoms. The maximum Gasteiger partial charge on any atom is 0.139 e. The second kappa shape index (κ2) is 3.55. The molecule has 5 heteroatoms. The fraction of sp³-hybridized carbons (Fsp3) is 0. The van der Waals surface area contributed by atoms with E-state index in [-0.39, 0.29) is 0 Å². The van der Waals surface area contributed by atoms with Gasteiger partial charge < -0.3 is 5.84 Å². The van der Waals surface area contributed by atoms with Gasteiger partial charge in [0.25, 0.3) is 0 Å². The van der Waals surface area contributed by atoms with Crippen LogP contribution in [0.15, 0.2) is 17.4 Å². The zero-order valence-electron chi connectivity index (χ0n) is 5.46. The molecule has 0 amide bonds. The molecule has 58 valence electrons. The molecule has 0 unspecified atom stereocenters. The van der Waals surface area contributed by atoms with Crippen molar-refractivity contribution < 1.29 is 0 Å². The van der Waals surface area contributed by atoms with Gasteiger partial charge in [-0.15, -0.1) is 0 Å². The molecular weight excluding hydrogens is 185 g/mol. The molecule has 1 rings (SSSR count). The van der Waals surface area contributed by atoms with Gasteiger partial charge in [0.05, 0.1) is 16.8 Å². The van der Waals surface area contributed by atoms with Gasteiger partial charge in [-0.3, -0.25) is 0 Å². The molecule has 0 fully saturated rings. The van der Waals surface area contributed by atoms with E-state index in [0.717, 1.165) is 0 Å². The summed E-state index contributed by atoms with van der Waals surface area (Å²) >= 11 is 11.4. The molecular formula is C6H5Cl2N3. The Balaban J connectivity index is 3.20. The summed E-state index contributed by atoms with van der Waals surface area (Å²) in [7, 11) is 0. The summed E-state index contributed by atoms with van der Waals surface area (Å²) in [5.74, 6) is 4.92. The molecule has 0 saturated heterocycles. The Hall–Kier alpha value is -0.800. The van der Waals surface area contributed by atoms with Crippen molar-refractivity contribution in [2.45, 2.75) is 0 Å². The topological polar surface area (TPSA) is 51.3 Å². The highest BCUT2D eigenvalue weighted by molar-refractivity contribution is 6.37. The maximum atomic E-state index is 5.74. The summed E-state index contributed by atoms with van der Waals surface area (Å²) < 4.78 is 0. The lowest BCUT2D eigenvalue weighted by molar-refractivity contribution is 1.25. The van der Waals surface area contributed by atoms with E-state index in [1.54, 1.807) is 6.07 Å². The Morgan fingerprint density at radius 1 is 1.55 bits per heavy atom. The van der Waals surface area contributed by atoms with Gasteiger partial charge in [0.1, 0.15) is 5.15 Å². The average Bonchev–Trinajstić information content (AvgIpc) is 1.97. The molecule has 1 heterocycles. The van der Waals surface area contributed by atoms with Crippen molar-refractivity contribution >= 4 is 29.4 Å². The first-order valence-corrected chi connectivity index (χ1v) is 3.54. The van der Waals surface area contributed by atoms with Gasteiger partial charge in [0.2, 0.25) is 0 Å². The molecule has 0 aliphatic carbocycles. The lowest BCUT2D eigenvalue weighted by Crippen LogP contribution is -1.90. The number of nitrogens with two attached hydrogens (primary N) is 1. The Bertz CT molecular complexity index is 265. The summed E-state index contributed by atoms with van der Waals surface area (Å²) in [4.78, 5) is 3.79. The fourth-order valence-corrected chi connectivity index (χ4v) is 1.07. The summed E-state index contributed by atoms with van der Waals surface area (Å²) in [6, 6.07) is 1.62. The minimum Gasteiger partial charge on any atom is -0.323 e. The first-order valence-electron chi connectivity index (χ1n) is 2.79. The lowest BCUT2D eigenvalue weighted by atomic mass is 10.3. The molecule has 2 N–H and O–H groups in total. The van der Waals surface area contributed by atoms with Crippen LogP contribution in [0.5, 0.6) is 0 Å². The van der Waals surface area contributed by atoms with Crippen LogP contribution in [0.2, 0.25) is 10.2 Å². The van der Waals surface area contributed by atoms with Crippen molar-refractivity contribution in [2.24, 2.45) is 10.9 Å². The number of hydrogen-bond acceptors (Lipinski definition) is 3. The van der Waals surface area contributed by atoms with Crippen LogP contribution in [0.4, 0.5) is 0 Å². The van der Waals surface area contributed by atoms with Crippen LogP contribution < -0.4 is 5.84 Å². The zero-order chi connectivity index (χ0) is 8.27. The normalized spacial score (nSPS) is 10.7. The van der Waals surface area contributed by atoms with Gasteiger partial charge in [-0.2, -0.15) is 5.10 Å². The number of nitrogens with zero attached hydrogens (tertiary/aromatic N) is 2. The third-order valence-corrected chi connectivity index (χ3v) is 1.72. The Morgan fingerprint density at radius 2 is 2.27 bits per heavy atom. The standard InChI is InChI=1S/C6H5Cl2N3/c7-5-1-2-10-6(8)4(5)3-11-9/h1-3H,9H2/b11-3+. The minimum absolute atomic E-state index is 0.298. The van der Waals surface area contributed by atoms with Crippen LogP contribution >= 0.6 is 23.2 Å². The second-order valence-electron chi connectivity index (χ2n) is 1.78. The number of aromatic nitrogens is 1. The quantitative estimate of drug-likeness (QED) is 0.317. The van der Waals surface area contributed by atoms with E-state index in [4.69, 9.17) is 29.0 Å². The number of pyridine rings is 1. The summed E-state index contributed by atoms with van der Waals surface area (Å²) in [6.45, 7) is 0. The molecule has 0 aliphatic heterocycles. The van der Waals surface area contributed by atoms with E-state index in [9.17, 15) is 0 Å². The summed E-state index contributed by atoms with van der Waals surface area (Å²) in [5.41, 5.74) is 0.540. The predicted octanol–water partition coefficient (Wildman–Crippen LogP) is 1.68. The van der Waals surface area contributed by atoms with Crippen LogP contribution in [0.3, 0.4) is 0 Å². The SMILES string of the molecule is N/N=C/c1c(Cl)ccnc1Cl. The second-order valence-corrected chi connectivity index (χ2v) is 2.54. The number of rotatable bonds is 1. The van der Waals surface area contributed by atoms with Crippen molar-refractivity contribution in [1.29, 1.82) is 0 Å². The lowest BCUT2D eigenvalue weighted by Gasteiger charge is -1.97. The van der Waals surface area contributed by atoms with E-state index in [0.29, 0.717) is 15.7 Å². The van der Waals surface area contributed by atoms with Crippen molar-refractivity contribution in [3.05, 3.63) is 28.0 Å². The fourth-order valence-electron chi connectivity index (χ4n) is 0.615. The molecule has 0 aliphatic rings. The first-order chi connectivity index (χ1) is 5.25. The number of halogens is 2. The van der Waals surface area contributed by atoms with E-state index in [1.165, 1.54) is 12.4 Å². The van der Waals surface area contributed by atoms with Gasteiger partial charge in [0.15, 0.2) is 0 Å². The van der Waals surface area contributed by atoms with Crippen molar-refractivity contribution in [3.8, 4) is 0 Å². The van der Waals surface area contributed by atoms with E-state index in [2.05, 4.69) is 10.1 Å². The van der Waals surface area contributed by atoms with Crippen LogP contribution in [0.25, 0.3) is 0 Å². The largest absolute Gasteiger partial charge is 0.323 e. The smallest absolute Gasteiger partial charge is 0.139 e. The molecule has 0 atom stereocenters. The van der Waals surface area contributed by atoms with Crippen molar-refractivity contribution in [3.63, 3.8) is 0 Å². The molecule has 0 spiro atoms. The monoisotopic (exact) mass is 189 g/mol. The highest BCUT2D eigenvalue weighted by Crippen LogP contribution is 2.19. The number of hydrazone groups is 1. The minimum atomic E-state index is 0.298. The molecule has 0 radical (unpaired) electrons. The van der Waals surface area contributed by atoms with E-state index >= 15 is 0 Å². The van der Waals surface area contributed by atoms with Gasteiger partial charge in [-0.1, -0.05) is 23.2 Å². The number of hydrogen-bond donors (Lipinski definition) is 1. The van der Waals surface area contributed by atoms with E-state index < -0.39 is 0 Å². The van der Waals surface area contributed by atoms with Gasteiger partial charge >= 0.3 is 0 Å². The Labute approximate surface area is 73.8 Å². The Morgan fingerprint density at radius 3 is 2.82 bits per heavy atom. The van der Waals surface area contributed by atoms with Crippen molar-refractivity contribution in [1.82, 2.24) is 4.98 Å². The molecule has 0 saturated carbocycles. The van der Waals surface area contributed by atoms with E-state index in [1.807, 2.05) is 0 Å². The highest BCUT2D eigenvalue weighted by atomic mass is 35.5. The average molecular weight is 190 g/mol. The van der Waals surface area contributed by atoms with Crippen LogP contribution in [0.1, 0.15) is 5.56 Å². The molecule has 0 aromatic carbocycles. The summed E-state index contributed by atoms with van der Waals surface area (Å²) in [6.07, 6.45) is 2.87. The maximum absolute atomic E-state index is 5.74. The third-order valence-electron chi connectivity index (χ3n) is 1.09. The molecule has 11 heavy (non-hydrogen) atoms. The Kier molecular flexibility index (Phi) is 2.68. The zero-order valence-corrected chi connectivity index (χ0v) is 6.97. The van der Waals surface area contributed by atoms with Crippen molar-refractivity contribution in [2.75, 3.05) is 0 Å². The molecule has 1 aromatic heterocycles. The van der Waals surface area contributed by atoms with Gasteiger partial charge in [0, 0.05) is 6.20 Å². The van der Waals surface area contributed by atoms with Crippen LogP contribution in [-0.2, 0) is 0 Å². The predicted molar refractivity (Wildman–Crippen MR) is 46.0 cm³/mol. The first kappa shape index (κ1) is 8.30. The third kappa shape index (κ3) is 1.82. The summed E-state index contributed by atoms with van der Waals surface area (Å²) in [5, 5.41) is 4.08.